The Morgan fingerprint density at radius 2 is 1.68 bits per heavy atom. The van der Waals surface area contributed by atoms with E-state index in [9.17, 15) is 4.79 Å². The number of fused-ring (bicyclic) bond motifs is 3. The molecule has 5 rings (SSSR count). The molecule has 0 saturated carbocycles. The number of amides is 1. The summed E-state index contributed by atoms with van der Waals surface area (Å²) in [5, 5.41) is 3.69. The van der Waals surface area contributed by atoms with Crippen LogP contribution in [0.2, 0.25) is 0 Å². The molecule has 0 aromatic heterocycles. The van der Waals surface area contributed by atoms with E-state index in [4.69, 9.17) is 4.74 Å². The van der Waals surface area contributed by atoms with E-state index in [1.165, 1.54) is 17.5 Å². The summed E-state index contributed by atoms with van der Waals surface area (Å²) in [6.45, 7) is 3.33. The summed E-state index contributed by atoms with van der Waals surface area (Å²) in [6.07, 6.45) is 5.65. The van der Waals surface area contributed by atoms with Crippen LogP contribution in [0.4, 0.5) is 5.69 Å². The minimum Gasteiger partial charge on any atom is -0.496 e. The normalized spacial score (nSPS) is 20.0. The van der Waals surface area contributed by atoms with Crippen molar-refractivity contribution in [3.05, 3.63) is 95.6 Å². The Balaban J connectivity index is 1.34. The topological polar surface area (TPSA) is 44.8 Å². The van der Waals surface area contributed by atoms with E-state index in [-0.39, 0.29) is 5.91 Å². The molecule has 1 N–H and O–H groups in total. The molecule has 2 aliphatic heterocycles. The Labute approximate surface area is 221 Å². The Bertz CT molecular complexity index is 1170. The van der Waals surface area contributed by atoms with Gasteiger partial charge in [-0.3, -0.25) is 9.69 Å². The highest BCUT2D eigenvalue weighted by Crippen LogP contribution is 2.31. The average molecular weight is 498 g/mol. The third-order valence-corrected chi connectivity index (χ3v) is 7.96. The van der Waals surface area contributed by atoms with E-state index in [0.717, 1.165) is 62.3 Å². The standard InChI is InChI=1S/C32H39N3O2/c1-37-31-16-8-6-12-26(31)14-9-17-32(36)34-23-27-13-5-7-15-30(27)33-21-20-28-18-19-29(24-34)35(28)22-25-10-3-2-4-11-25/h2-8,10-13,15-16,28-29,33H,9,14,17-24H2,1H3/t28-,29+/m0/s1. The molecular weight excluding hydrogens is 458 g/mol. The van der Waals surface area contributed by atoms with Gasteiger partial charge in [0.15, 0.2) is 0 Å². The molecule has 1 amide bonds. The molecule has 2 bridgehead atoms. The average Bonchev–Trinajstić information content (AvgIpc) is 3.28. The number of benzene rings is 3. The van der Waals surface area contributed by atoms with Gasteiger partial charge in [0.1, 0.15) is 5.75 Å². The second-order valence-corrected chi connectivity index (χ2v) is 10.4. The summed E-state index contributed by atoms with van der Waals surface area (Å²) >= 11 is 0. The van der Waals surface area contributed by atoms with Crippen molar-refractivity contribution in [1.29, 1.82) is 0 Å². The van der Waals surface area contributed by atoms with Crippen LogP contribution in [0.3, 0.4) is 0 Å². The van der Waals surface area contributed by atoms with Crippen LogP contribution in [0.25, 0.3) is 0 Å². The molecule has 1 saturated heterocycles. The number of hydrogen-bond acceptors (Lipinski definition) is 4. The molecule has 37 heavy (non-hydrogen) atoms. The highest BCUT2D eigenvalue weighted by atomic mass is 16.5. The zero-order valence-corrected chi connectivity index (χ0v) is 21.9. The molecule has 1 fully saturated rings. The fourth-order valence-corrected chi connectivity index (χ4v) is 5.99. The molecule has 2 aliphatic rings. The minimum atomic E-state index is 0.243. The summed E-state index contributed by atoms with van der Waals surface area (Å²) in [6, 6.07) is 28.3. The van der Waals surface area contributed by atoms with Gasteiger partial charge in [-0.25, -0.2) is 0 Å². The van der Waals surface area contributed by atoms with Crippen LogP contribution < -0.4 is 10.1 Å². The molecule has 5 heteroatoms. The van der Waals surface area contributed by atoms with Crippen LogP contribution >= 0.6 is 0 Å². The number of ether oxygens (including phenoxy) is 1. The second kappa shape index (κ2) is 12.3. The second-order valence-electron chi connectivity index (χ2n) is 10.4. The van der Waals surface area contributed by atoms with Gasteiger partial charge in [-0.2, -0.15) is 0 Å². The number of rotatable bonds is 7. The number of anilines is 1. The molecule has 0 unspecified atom stereocenters. The third kappa shape index (κ3) is 6.34. The predicted molar refractivity (Wildman–Crippen MR) is 150 cm³/mol. The highest BCUT2D eigenvalue weighted by molar-refractivity contribution is 5.76. The lowest BCUT2D eigenvalue weighted by atomic mass is 10.1. The lowest BCUT2D eigenvalue weighted by molar-refractivity contribution is -0.132. The lowest BCUT2D eigenvalue weighted by Gasteiger charge is -2.34. The van der Waals surface area contributed by atoms with Crippen LogP contribution in [0.1, 0.15) is 48.8 Å². The number of nitrogens with one attached hydrogen (secondary N) is 1. The van der Waals surface area contributed by atoms with Gasteiger partial charge in [0, 0.05) is 50.4 Å². The van der Waals surface area contributed by atoms with E-state index < -0.39 is 0 Å². The Morgan fingerprint density at radius 1 is 0.919 bits per heavy atom. The number of methoxy groups -OCH3 is 1. The zero-order chi connectivity index (χ0) is 25.5. The number of carbonyl (C=O) groups is 1. The molecule has 3 aromatic carbocycles. The van der Waals surface area contributed by atoms with Gasteiger partial charge in [-0.15, -0.1) is 0 Å². The first-order valence-corrected chi connectivity index (χ1v) is 13.7. The quantitative estimate of drug-likeness (QED) is 0.442. The summed E-state index contributed by atoms with van der Waals surface area (Å²) in [5.74, 6) is 1.14. The Hall–Kier alpha value is -3.31. The smallest absolute Gasteiger partial charge is 0.222 e. The van der Waals surface area contributed by atoms with Gasteiger partial charge < -0.3 is 15.0 Å². The van der Waals surface area contributed by atoms with Crippen LogP contribution in [-0.2, 0) is 24.3 Å². The van der Waals surface area contributed by atoms with Crippen molar-refractivity contribution < 1.29 is 9.53 Å². The molecule has 3 aromatic rings. The number of nitrogens with zero attached hydrogens (tertiary/aromatic N) is 2. The van der Waals surface area contributed by atoms with E-state index in [0.29, 0.717) is 25.0 Å². The highest BCUT2D eigenvalue weighted by Gasteiger charge is 2.35. The third-order valence-electron chi connectivity index (χ3n) is 7.96. The fourth-order valence-electron chi connectivity index (χ4n) is 5.99. The SMILES string of the molecule is COc1ccccc1CCCC(=O)N1Cc2ccccc2NCC[C@@H]2CC[C@H](C1)N2Cc1ccccc1. The van der Waals surface area contributed by atoms with Crippen LogP contribution in [0, 0.1) is 0 Å². The Kier molecular flexibility index (Phi) is 8.42. The lowest BCUT2D eigenvalue weighted by Crippen LogP contribution is -2.44. The first kappa shape index (κ1) is 25.3. The number of carbonyl (C=O) groups excluding carboxylic acids is 1. The number of para-hydroxylation sites is 2. The number of aryl methyl sites for hydroxylation is 1. The van der Waals surface area contributed by atoms with Crippen molar-refractivity contribution in [2.45, 2.75) is 63.7 Å². The molecular formula is C32H39N3O2. The van der Waals surface area contributed by atoms with Crippen LogP contribution in [0.5, 0.6) is 5.75 Å². The predicted octanol–water partition coefficient (Wildman–Crippen LogP) is 5.90. The first-order chi connectivity index (χ1) is 18.2. The maximum Gasteiger partial charge on any atom is 0.222 e. The van der Waals surface area contributed by atoms with Gasteiger partial charge in [-0.1, -0.05) is 66.7 Å². The van der Waals surface area contributed by atoms with Gasteiger partial charge >= 0.3 is 0 Å². The molecule has 5 nitrogen and oxygen atoms in total. The molecule has 2 heterocycles. The van der Waals surface area contributed by atoms with E-state index in [2.05, 4.69) is 75.8 Å². The van der Waals surface area contributed by atoms with Crippen molar-refractivity contribution in [2.24, 2.45) is 0 Å². The summed E-state index contributed by atoms with van der Waals surface area (Å²) in [4.78, 5) is 18.5. The van der Waals surface area contributed by atoms with Crippen molar-refractivity contribution in [1.82, 2.24) is 9.80 Å². The van der Waals surface area contributed by atoms with Crippen LogP contribution in [-0.4, -0.2) is 48.0 Å². The minimum absolute atomic E-state index is 0.243. The van der Waals surface area contributed by atoms with Crippen molar-refractivity contribution in [2.75, 3.05) is 25.5 Å². The molecule has 194 valence electrons. The van der Waals surface area contributed by atoms with E-state index in [1.54, 1.807) is 7.11 Å². The molecule has 0 radical (unpaired) electrons. The van der Waals surface area contributed by atoms with Crippen molar-refractivity contribution in [3.63, 3.8) is 0 Å². The van der Waals surface area contributed by atoms with E-state index in [1.807, 2.05) is 18.2 Å². The Morgan fingerprint density at radius 3 is 2.54 bits per heavy atom. The van der Waals surface area contributed by atoms with Crippen LogP contribution in [0.15, 0.2) is 78.9 Å². The van der Waals surface area contributed by atoms with Gasteiger partial charge in [-0.05, 0) is 60.9 Å². The monoisotopic (exact) mass is 497 g/mol. The van der Waals surface area contributed by atoms with Crippen molar-refractivity contribution >= 4 is 11.6 Å². The maximum absolute atomic E-state index is 13.7. The first-order valence-electron chi connectivity index (χ1n) is 13.7. The van der Waals surface area contributed by atoms with Gasteiger partial charge in [0.25, 0.3) is 0 Å². The van der Waals surface area contributed by atoms with Gasteiger partial charge in [0.2, 0.25) is 5.91 Å². The number of hydrogen-bond donors (Lipinski definition) is 1. The fraction of sp³-hybridized carbons (Fsp3) is 0.406. The summed E-state index contributed by atoms with van der Waals surface area (Å²) in [7, 11) is 1.71. The zero-order valence-electron chi connectivity index (χ0n) is 21.9. The summed E-state index contributed by atoms with van der Waals surface area (Å²) < 4.78 is 5.51. The van der Waals surface area contributed by atoms with Gasteiger partial charge in [0.05, 0.1) is 7.11 Å². The molecule has 0 spiro atoms. The maximum atomic E-state index is 13.7. The molecule has 2 atom stereocenters. The molecule has 0 aliphatic carbocycles. The summed E-state index contributed by atoms with van der Waals surface area (Å²) in [5.41, 5.74) is 4.87. The largest absolute Gasteiger partial charge is 0.496 e. The van der Waals surface area contributed by atoms with E-state index >= 15 is 0 Å². The van der Waals surface area contributed by atoms with Crippen molar-refractivity contribution in [3.8, 4) is 5.75 Å².